The molecule has 0 radical (unpaired) electrons. The van der Waals surface area contributed by atoms with Crippen LogP contribution in [0.5, 0.6) is 5.75 Å². The molecule has 0 spiro atoms. The van der Waals surface area contributed by atoms with Gasteiger partial charge in [0.2, 0.25) is 0 Å². The highest BCUT2D eigenvalue weighted by Crippen LogP contribution is 2.36. The van der Waals surface area contributed by atoms with Gasteiger partial charge in [-0.2, -0.15) is 13.8 Å². The van der Waals surface area contributed by atoms with Crippen molar-refractivity contribution in [1.29, 1.82) is 0 Å². The van der Waals surface area contributed by atoms with E-state index in [0.29, 0.717) is 11.7 Å². The van der Waals surface area contributed by atoms with E-state index in [1.54, 1.807) is 0 Å². The molecule has 2 aliphatic heterocycles. The third-order valence-corrected chi connectivity index (χ3v) is 5.70. The van der Waals surface area contributed by atoms with Gasteiger partial charge in [-0.15, -0.1) is 0 Å². The summed E-state index contributed by atoms with van der Waals surface area (Å²) in [4.78, 5) is 5.27. The minimum atomic E-state index is -3.07. The molecule has 0 bridgehead atoms. The van der Waals surface area contributed by atoms with E-state index in [4.69, 9.17) is 9.47 Å². The molecule has 0 aliphatic carbocycles. The number of alkyl halides is 2. The van der Waals surface area contributed by atoms with E-state index in [9.17, 15) is 13.9 Å². The highest BCUT2D eigenvalue weighted by molar-refractivity contribution is 5.79. The molecule has 0 amide bonds. The van der Waals surface area contributed by atoms with Gasteiger partial charge in [-0.1, -0.05) is 57.2 Å². The quantitative estimate of drug-likeness (QED) is 0.643. The third-order valence-electron chi connectivity index (χ3n) is 5.70. The monoisotopic (exact) mass is 442 g/mol. The molecule has 2 aromatic rings. The molecule has 32 heavy (non-hydrogen) atoms. The highest BCUT2D eigenvalue weighted by atomic mass is 19.3. The smallest absolute Gasteiger partial charge is 0.295 e. The van der Waals surface area contributed by atoms with Crippen LogP contribution in [0.1, 0.15) is 38.7 Å². The van der Waals surface area contributed by atoms with Crippen LogP contribution in [0.25, 0.3) is 11.1 Å². The number of aliphatic hydroxyl groups excluding tert-OH is 1. The summed E-state index contributed by atoms with van der Waals surface area (Å²) in [5.74, 6) is -1.96. The first-order valence-electron chi connectivity index (χ1n) is 10.9. The largest absolute Gasteiger partial charge is 0.490 e. The first-order chi connectivity index (χ1) is 15.3. The van der Waals surface area contributed by atoms with Crippen molar-refractivity contribution in [2.75, 3.05) is 13.2 Å². The van der Waals surface area contributed by atoms with Crippen molar-refractivity contribution in [3.8, 4) is 16.9 Å². The Morgan fingerprint density at radius 3 is 2.62 bits per heavy atom. The molecule has 5 nitrogen and oxygen atoms in total. The lowest BCUT2D eigenvalue weighted by Gasteiger charge is -2.29. The van der Waals surface area contributed by atoms with Gasteiger partial charge in [0.1, 0.15) is 12.4 Å². The Balaban J connectivity index is 1.44. The molecule has 2 aliphatic rings. The second-order valence-corrected chi connectivity index (χ2v) is 8.40. The maximum atomic E-state index is 14.3. The summed E-state index contributed by atoms with van der Waals surface area (Å²) in [6.45, 7) is 6.08. The Kier molecular flexibility index (Phi) is 6.20. The van der Waals surface area contributed by atoms with Crippen LogP contribution in [0.4, 0.5) is 8.78 Å². The van der Waals surface area contributed by atoms with Crippen molar-refractivity contribution in [3.63, 3.8) is 0 Å². The zero-order valence-corrected chi connectivity index (χ0v) is 18.5. The molecular weight excluding hydrogens is 414 g/mol. The van der Waals surface area contributed by atoms with Gasteiger partial charge in [-0.25, -0.2) is 0 Å². The van der Waals surface area contributed by atoms with Gasteiger partial charge in [-0.05, 0) is 40.8 Å². The van der Waals surface area contributed by atoms with E-state index in [2.05, 4.69) is 37.0 Å². The van der Waals surface area contributed by atoms with Gasteiger partial charge in [0, 0.05) is 6.42 Å². The number of aliphatic imine (C=N–C) groups is 1. The van der Waals surface area contributed by atoms with E-state index < -0.39 is 18.3 Å². The van der Waals surface area contributed by atoms with Crippen molar-refractivity contribution < 1.29 is 23.4 Å². The topological polar surface area (TPSA) is 54.3 Å². The number of ether oxygens (including phenoxy) is 2. The van der Waals surface area contributed by atoms with Crippen LogP contribution in [0.15, 0.2) is 65.3 Å². The summed E-state index contributed by atoms with van der Waals surface area (Å²) in [5.41, 5.74) is 3.14. The summed E-state index contributed by atoms with van der Waals surface area (Å²) >= 11 is 0. The van der Waals surface area contributed by atoms with E-state index in [0.717, 1.165) is 17.2 Å². The van der Waals surface area contributed by atoms with Gasteiger partial charge >= 0.3 is 0 Å². The van der Waals surface area contributed by atoms with Gasteiger partial charge in [0.05, 0.1) is 12.2 Å². The van der Waals surface area contributed by atoms with E-state index in [-0.39, 0.29) is 31.3 Å². The lowest BCUT2D eigenvalue weighted by atomic mass is 9.97. The van der Waals surface area contributed by atoms with Crippen LogP contribution >= 0.6 is 0 Å². The molecule has 0 saturated carbocycles. The van der Waals surface area contributed by atoms with Crippen molar-refractivity contribution in [3.05, 3.63) is 65.9 Å². The molecule has 1 saturated heterocycles. The standard InChI is InChI=1S/C25H28F2N2O3/c1-4-25(26,27)22-13-23(30)28-24-29(22)14-21(32-24)15-31-20-10-6-9-19(12-20)18-8-5-7-17(11-18)16(2)3/h5-13,16,21,23,30H,4,14-15H2,1-3H3. The summed E-state index contributed by atoms with van der Waals surface area (Å²) in [6, 6.07) is 16.2. The predicted octanol–water partition coefficient (Wildman–Crippen LogP) is 5.17. The number of aliphatic hydroxyl groups is 1. The number of amidine groups is 1. The van der Waals surface area contributed by atoms with E-state index >= 15 is 0 Å². The number of rotatable bonds is 7. The molecule has 7 heteroatoms. The maximum absolute atomic E-state index is 14.3. The molecule has 2 atom stereocenters. The molecule has 4 rings (SSSR count). The minimum absolute atomic E-state index is 0.0102. The van der Waals surface area contributed by atoms with Crippen molar-refractivity contribution in [2.24, 2.45) is 4.99 Å². The van der Waals surface area contributed by atoms with Gasteiger partial charge in [0.25, 0.3) is 11.9 Å². The van der Waals surface area contributed by atoms with Crippen LogP contribution in [0, 0.1) is 0 Å². The summed E-state index contributed by atoms with van der Waals surface area (Å²) < 4.78 is 40.3. The molecule has 2 aromatic carbocycles. The Labute approximate surface area is 187 Å². The number of nitrogens with zero attached hydrogens (tertiary/aromatic N) is 2. The van der Waals surface area contributed by atoms with Crippen LogP contribution < -0.4 is 4.74 Å². The average molecular weight is 443 g/mol. The zero-order valence-electron chi connectivity index (χ0n) is 18.5. The fourth-order valence-electron chi connectivity index (χ4n) is 3.83. The number of allylic oxidation sites excluding steroid dienone is 1. The van der Waals surface area contributed by atoms with Gasteiger partial charge in [-0.3, -0.25) is 4.90 Å². The molecule has 2 heterocycles. The lowest BCUT2D eigenvalue weighted by Crippen LogP contribution is -2.39. The van der Waals surface area contributed by atoms with Crippen molar-refractivity contribution >= 4 is 6.02 Å². The Morgan fingerprint density at radius 1 is 1.19 bits per heavy atom. The number of fused-ring (bicyclic) bond motifs is 1. The van der Waals surface area contributed by atoms with Crippen molar-refractivity contribution in [2.45, 2.75) is 51.4 Å². The number of benzene rings is 2. The van der Waals surface area contributed by atoms with Gasteiger partial charge in [0.15, 0.2) is 12.3 Å². The Bertz CT molecular complexity index is 1040. The molecular formula is C25H28F2N2O3. The average Bonchev–Trinajstić information content (AvgIpc) is 3.20. The normalized spacial score (nSPS) is 20.5. The van der Waals surface area contributed by atoms with Crippen LogP contribution in [0.2, 0.25) is 0 Å². The van der Waals surface area contributed by atoms with Crippen LogP contribution in [0.3, 0.4) is 0 Å². The lowest BCUT2D eigenvalue weighted by molar-refractivity contribution is 0.0141. The van der Waals surface area contributed by atoms with Gasteiger partial charge < -0.3 is 14.6 Å². The summed E-state index contributed by atoms with van der Waals surface area (Å²) in [6.07, 6.45) is -1.12. The second kappa shape index (κ2) is 8.90. The molecule has 170 valence electrons. The summed E-state index contributed by atoms with van der Waals surface area (Å²) in [5, 5.41) is 9.84. The SMILES string of the molecule is CCC(F)(F)C1=CC(O)N=C2OC(COc3cccc(-c4cccc(C(C)C)c4)c3)CN12. The molecule has 0 aromatic heterocycles. The Morgan fingerprint density at radius 2 is 1.91 bits per heavy atom. The maximum Gasteiger partial charge on any atom is 0.295 e. The minimum Gasteiger partial charge on any atom is -0.490 e. The predicted molar refractivity (Wildman–Crippen MR) is 120 cm³/mol. The molecule has 2 unspecified atom stereocenters. The van der Waals surface area contributed by atoms with Crippen molar-refractivity contribution in [1.82, 2.24) is 4.90 Å². The molecule has 1 N–H and O–H groups in total. The first kappa shape index (κ1) is 22.3. The Hall–Kier alpha value is -2.93. The highest BCUT2D eigenvalue weighted by Gasteiger charge is 2.45. The number of hydrogen-bond acceptors (Lipinski definition) is 5. The number of halogens is 2. The number of hydrogen-bond donors (Lipinski definition) is 1. The first-order valence-corrected chi connectivity index (χ1v) is 10.9. The van der Waals surface area contributed by atoms with Crippen LogP contribution in [-0.4, -0.2) is 47.4 Å². The fraction of sp³-hybridized carbons (Fsp3) is 0.400. The van der Waals surface area contributed by atoms with E-state index in [1.165, 1.54) is 17.4 Å². The van der Waals surface area contributed by atoms with Crippen LogP contribution in [-0.2, 0) is 4.74 Å². The second-order valence-electron chi connectivity index (χ2n) is 8.40. The summed E-state index contributed by atoms with van der Waals surface area (Å²) in [7, 11) is 0. The zero-order chi connectivity index (χ0) is 22.9. The van der Waals surface area contributed by atoms with E-state index in [1.807, 2.05) is 30.3 Å². The molecule has 1 fully saturated rings. The fourth-order valence-corrected chi connectivity index (χ4v) is 3.83. The third kappa shape index (κ3) is 4.63.